The Morgan fingerprint density at radius 1 is 0.727 bits per heavy atom. The quantitative estimate of drug-likeness (QED) is 0.141. The van der Waals surface area contributed by atoms with E-state index in [1.807, 2.05) is 6.92 Å². The lowest BCUT2D eigenvalue weighted by molar-refractivity contribution is 0.212. The van der Waals surface area contributed by atoms with Gasteiger partial charge in [0.25, 0.3) is 10.1 Å². The summed E-state index contributed by atoms with van der Waals surface area (Å²) in [5.41, 5.74) is 2.36. The zero-order valence-corrected chi connectivity index (χ0v) is 22.4. The lowest BCUT2D eigenvalue weighted by atomic mass is 9.98. The zero-order valence-electron chi connectivity index (χ0n) is 21.6. The van der Waals surface area contributed by atoms with E-state index in [9.17, 15) is 13.0 Å². The van der Waals surface area contributed by atoms with E-state index < -0.39 is 16.2 Å². The van der Waals surface area contributed by atoms with Crippen LogP contribution in [-0.4, -0.2) is 24.8 Å². The molecule has 1 N–H and O–H groups in total. The fourth-order valence-electron chi connectivity index (χ4n) is 4.37. The summed E-state index contributed by atoms with van der Waals surface area (Å²) in [5.74, 6) is 0.511. The molecule has 0 fully saturated rings. The van der Waals surface area contributed by atoms with Gasteiger partial charge in [0.05, 0.1) is 0 Å². The van der Waals surface area contributed by atoms with Crippen LogP contribution in [0.3, 0.4) is 0 Å². The Labute approximate surface area is 204 Å². The van der Waals surface area contributed by atoms with Crippen molar-refractivity contribution in [3.63, 3.8) is 0 Å². The predicted octanol–water partition coefficient (Wildman–Crippen LogP) is 8.32. The van der Waals surface area contributed by atoms with E-state index in [4.69, 9.17) is 4.74 Å². The summed E-state index contributed by atoms with van der Waals surface area (Å²) in [4.78, 5) is 0. The van der Waals surface area contributed by atoms with Gasteiger partial charge >= 0.3 is 0 Å². The Kier molecular flexibility index (Phi) is 16.6. The molecule has 33 heavy (non-hydrogen) atoms. The number of hydrogen-bond acceptors (Lipinski definition) is 3. The van der Waals surface area contributed by atoms with Gasteiger partial charge in [0.2, 0.25) is 0 Å². The van der Waals surface area contributed by atoms with Crippen molar-refractivity contribution >= 4 is 10.1 Å². The van der Waals surface area contributed by atoms with Crippen LogP contribution in [0.15, 0.2) is 18.2 Å². The maximum Gasteiger partial charge on any atom is 0.268 e. The molecule has 1 unspecified atom stereocenters. The maximum absolute atomic E-state index is 11.5. The van der Waals surface area contributed by atoms with Crippen LogP contribution >= 0.6 is 0 Å². The summed E-state index contributed by atoms with van der Waals surface area (Å²) in [7, 11) is -4.07. The second-order valence-electron chi connectivity index (χ2n) is 9.54. The normalized spacial score (nSPS) is 12.7. The van der Waals surface area contributed by atoms with Gasteiger partial charge in [-0.25, -0.2) is 0 Å². The molecule has 1 aromatic carbocycles. The number of aryl methyl sites for hydroxylation is 2. The van der Waals surface area contributed by atoms with E-state index >= 15 is 0 Å². The van der Waals surface area contributed by atoms with Gasteiger partial charge < -0.3 is 4.74 Å². The van der Waals surface area contributed by atoms with E-state index in [0.717, 1.165) is 31.4 Å². The standard InChI is InChI=1S/C28H50O4S/c1-4-7-9-11-13-15-17-20-25-22-19-23-26(21-18-16-14-12-10-8-5-2)28(25)32-27(6-3)24-33(29,30)31/h19,22-23,27H,4-18,20-21,24H2,1-3H3,(H,29,30,31). The number of rotatable bonds is 21. The molecule has 5 heteroatoms. The number of ether oxygens (including phenoxy) is 1. The van der Waals surface area contributed by atoms with Crippen LogP contribution in [0.1, 0.15) is 128 Å². The number of hydrogen-bond donors (Lipinski definition) is 1. The first-order valence-electron chi connectivity index (χ1n) is 13.6. The summed E-state index contributed by atoms with van der Waals surface area (Å²) < 4.78 is 38.6. The molecule has 0 saturated heterocycles. The summed E-state index contributed by atoms with van der Waals surface area (Å²) >= 11 is 0. The minimum atomic E-state index is -4.07. The first-order valence-corrected chi connectivity index (χ1v) is 15.2. The summed E-state index contributed by atoms with van der Waals surface area (Å²) in [6.07, 6.45) is 19.6. The predicted molar refractivity (Wildman–Crippen MR) is 141 cm³/mol. The van der Waals surface area contributed by atoms with Gasteiger partial charge in [0, 0.05) is 0 Å². The van der Waals surface area contributed by atoms with Crippen LogP contribution in [0.2, 0.25) is 0 Å². The van der Waals surface area contributed by atoms with Crippen molar-refractivity contribution in [1.29, 1.82) is 0 Å². The van der Waals surface area contributed by atoms with E-state index in [1.54, 1.807) is 0 Å². The van der Waals surface area contributed by atoms with Gasteiger partial charge in [0.1, 0.15) is 17.6 Å². The van der Waals surface area contributed by atoms with E-state index in [1.165, 1.54) is 88.2 Å². The molecule has 0 radical (unpaired) electrons. The Hall–Kier alpha value is -1.07. The molecule has 0 heterocycles. The Balaban J connectivity index is 2.76. The van der Waals surface area contributed by atoms with E-state index in [0.29, 0.717) is 6.42 Å². The third-order valence-electron chi connectivity index (χ3n) is 6.41. The van der Waals surface area contributed by atoms with Crippen molar-refractivity contribution in [2.45, 2.75) is 136 Å². The minimum absolute atomic E-state index is 0.355. The van der Waals surface area contributed by atoms with Gasteiger partial charge in [-0.1, -0.05) is 116 Å². The molecule has 0 amide bonds. The van der Waals surface area contributed by atoms with Crippen LogP contribution in [-0.2, 0) is 23.0 Å². The molecule has 1 aromatic rings. The van der Waals surface area contributed by atoms with Gasteiger partial charge in [-0.05, 0) is 43.2 Å². The summed E-state index contributed by atoms with van der Waals surface area (Å²) in [6, 6.07) is 6.37. The molecule has 1 rings (SSSR count). The molecule has 0 aliphatic rings. The van der Waals surface area contributed by atoms with Crippen molar-refractivity contribution < 1.29 is 17.7 Å². The number of unbranched alkanes of at least 4 members (excludes halogenated alkanes) is 12. The van der Waals surface area contributed by atoms with Crippen LogP contribution in [0.4, 0.5) is 0 Å². The van der Waals surface area contributed by atoms with Crippen LogP contribution < -0.4 is 4.74 Å². The highest BCUT2D eigenvalue weighted by Crippen LogP contribution is 2.29. The molecular weight excluding hydrogens is 432 g/mol. The molecule has 4 nitrogen and oxygen atoms in total. The molecule has 0 saturated carbocycles. The second-order valence-corrected chi connectivity index (χ2v) is 11.0. The average Bonchev–Trinajstić information content (AvgIpc) is 2.77. The first kappa shape index (κ1) is 30.0. The monoisotopic (exact) mass is 482 g/mol. The average molecular weight is 483 g/mol. The largest absolute Gasteiger partial charge is 0.489 e. The van der Waals surface area contributed by atoms with Gasteiger partial charge in [-0.3, -0.25) is 4.55 Å². The molecule has 0 aliphatic carbocycles. The lowest BCUT2D eigenvalue weighted by Crippen LogP contribution is -2.26. The van der Waals surface area contributed by atoms with Gasteiger partial charge in [-0.2, -0.15) is 8.42 Å². The zero-order chi connectivity index (χ0) is 24.4. The molecule has 0 bridgehead atoms. The fraction of sp³-hybridized carbons (Fsp3) is 0.786. The number of para-hydroxylation sites is 1. The molecule has 0 aliphatic heterocycles. The molecule has 192 valence electrons. The van der Waals surface area contributed by atoms with E-state index in [2.05, 4.69) is 32.0 Å². The third kappa shape index (κ3) is 14.7. The highest BCUT2D eigenvalue weighted by Gasteiger charge is 2.20. The summed E-state index contributed by atoms with van der Waals surface area (Å²) in [6.45, 7) is 6.39. The van der Waals surface area contributed by atoms with Crippen LogP contribution in [0.25, 0.3) is 0 Å². The minimum Gasteiger partial charge on any atom is -0.489 e. The van der Waals surface area contributed by atoms with E-state index in [-0.39, 0.29) is 5.75 Å². The topological polar surface area (TPSA) is 63.6 Å². The molecule has 0 aromatic heterocycles. The molecular formula is C28H50O4S. The van der Waals surface area contributed by atoms with Crippen molar-refractivity contribution in [3.05, 3.63) is 29.3 Å². The van der Waals surface area contributed by atoms with Crippen LogP contribution in [0, 0.1) is 0 Å². The Morgan fingerprint density at radius 2 is 1.15 bits per heavy atom. The molecule has 0 spiro atoms. The smallest absolute Gasteiger partial charge is 0.268 e. The van der Waals surface area contributed by atoms with Crippen LogP contribution in [0.5, 0.6) is 5.75 Å². The SMILES string of the molecule is CCCCCCCCCc1cccc(CCCCCCCCC)c1OC(CC)CS(=O)(=O)O. The van der Waals surface area contributed by atoms with Crippen molar-refractivity contribution in [3.8, 4) is 5.75 Å². The van der Waals surface area contributed by atoms with Gasteiger partial charge in [0.15, 0.2) is 0 Å². The molecule has 1 atom stereocenters. The Bertz CT molecular complexity index is 678. The Morgan fingerprint density at radius 3 is 1.55 bits per heavy atom. The summed E-state index contributed by atoms with van der Waals surface area (Å²) in [5, 5.41) is 0. The highest BCUT2D eigenvalue weighted by molar-refractivity contribution is 7.85. The third-order valence-corrected chi connectivity index (χ3v) is 7.21. The lowest BCUT2D eigenvalue weighted by Gasteiger charge is -2.22. The maximum atomic E-state index is 11.5. The first-order chi connectivity index (χ1) is 15.9. The highest BCUT2D eigenvalue weighted by atomic mass is 32.2. The number of benzene rings is 1. The van der Waals surface area contributed by atoms with Gasteiger partial charge in [-0.15, -0.1) is 0 Å². The van der Waals surface area contributed by atoms with Crippen molar-refractivity contribution in [1.82, 2.24) is 0 Å². The fourth-order valence-corrected chi connectivity index (χ4v) is 5.14. The van der Waals surface area contributed by atoms with Crippen molar-refractivity contribution in [2.24, 2.45) is 0 Å². The van der Waals surface area contributed by atoms with Crippen molar-refractivity contribution in [2.75, 3.05) is 5.75 Å². The second kappa shape index (κ2) is 18.3.